The van der Waals surface area contributed by atoms with Crippen LogP contribution in [0.1, 0.15) is 57.7 Å². The molecule has 0 aliphatic heterocycles. The molecule has 132 valence electrons. The molecule has 2 rings (SSSR count). The number of phenols is 1. The molecule has 0 amide bonds. The Balaban J connectivity index is 2.04. The minimum atomic E-state index is -0.916. The molecular formula is C21H24O4. The van der Waals surface area contributed by atoms with Crippen molar-refractivity contribution in [2.75, 3.05) is 0 Å². The van der Waals surface area contributed by atoms with Crippen molar-refractivity contribution >= 4 is 11.8 Å². The fourth-order valence-corrected chi connectivity index (χ4v) is 2.88. The quantitative estimate of drug-likeness (QED) is 0.732. The maximum atomic E-state index is 12.1. The number of carbonyl (C=O) groups excluding carboxylic acids is 1. The molecule has 0 aliphatic carbocycles. The molecule has 0 bridgehead atoms. The summed E-state index contributed by atoms with van der Waals surface area (Å²) in [4.78, 5) is 23.1. The highest BCUT2D eigenvalue weighted by atomic mass is 16.4. The fourth-order valence-electron chi connectivity index (χ4n) is 2.88. The van der Waals surface area contributed by atoms with Crippen LogP contribution in [-0.2, 0) is 12.8 Å². The largest absolute Gasteiger partial charge is 0.508 e. The van der Waals surface area contributed by atoms with E-state index in [1.54, 1.807) is 31.2 Å². The molecule has 4 heteroatoms. The molecule has 0 atom stereocenters. The van der Waals surface area contributed by atoms with Gasteiger partial charge in [-0.2, -0.15) is 0 Å². The predicted molar refractivity (Wildman–Crippen MR) is 97.4 cm³/mol. The van der Waals surface area contributed by atoms with Crippen molar-refractivity contribution in [1.82, 2.24) is 0 Å². The number of aryl methyl sites for hydroxylation is 3. The van der Waals surface area contributed by atoms with Gasteiger partial charge in [-0.1, -0.05) is 26.0 Å². The molecule has 0 unspecified atom stereocenters. The van der Waals surface area contributed by atoms with Gasteiger partial charge in [0.2, 0.25) is 0 Å². The van der Waals surface area contributed by atoms with Crippen LogP contribution >= 0.6 is 0 Å². The minimum Gasteiger partial charge on any atom is -0.508 e. The van der Waals surface area contributed by atoms with Crippen molar-refractivity contribution in [3.63, 3.8) is 0 Å². The molecular weight excluding hydrogens is 316 g/mol. The second kappa shape index (κ2) is 7.97. The molecule has 0 saturated heterocycles. The highest BCUT2D eigenvalue weighted by Crippen LogP contribution is 2.23. The third-order valence-corrected chi connectivity index (χ3v) is 4.32. The average molecular weight is 340 g/mol. The zero-order valence-corrected chi connectivity index (χ0v) is 14.9. The van der Waals surface area contributed by atoms with Crippen LogP contribution in [0.2, 0.25) is 0 Å². The first-order valence-corrected chi connectivity index (χ1v) is 8.48. The zero-order valence-electron chi connectivity index (χ0n) is 14.9. The van der Waals surface area contributed by atoms with E-state index in [1.165, 1.54) is 0 Å². The third kappa shape index (κ3) is 4.69. The van der Waals surface area contributed by atoms with Crippen molar-refractivity contribution in [1.29, 1.82) is 0 Å². The predicted octanol–water partition coefficient (Wildman–Crippen LogP) is 4.41. The first-order chi connectivity index (χ1) is 11.8. The molecule has 0 spiro atoms. The van der Waals surface area contributed by atoms with E-state index in [0.29, 0.717) is 17.5 Å². The number of Topliss-reactive ketones (excluding diaryl/α,β-unsaturated/α-hetero) is 1. The van der Waals surface area contributed by atoms with E-state index in [1.807, 2.05) is 26.0 Å². The summed E-state index contributed by atoms with van der Waals surface area (Å²) in [6.07, 6.45) is 2.24. The van der Waals surface area contributed by atoms with Gasteiger partial charge < -0.3 is 10.2 Å². The number of carbonyl (C=O) groups is 2. The Morgan fingerprint density at radius 3 is 2.36 bits per heavy atom. The highest BCUT2D eigenvalue weighted by Gasteiger charge is 2.13. The number of aromatic hydroxyl groups is 1. The third-order valence-electron chi connectivity index (χ3n) is 4.32. The fraction of sp³-hybridized carbons (Fsp3) is 0.333. The molecule has 2 aromatic rings. The number of ketones is 1. The SMILES string of the molecule is Cc1cc(CCCc2cc(C(=O)C(C)C)ccc2O)ccc1C(=O)O. The van der Waals surface area contributed by atoms with E-state index in [4.69, 9.17) is 5.11 Å². The maximum Gasteiger partial charge on any atom is 0.335 e. The summed E-state index contributed by atoms with van der Waals surface area (Å²) in [7, 11) is 0. The van der Waals surface area contributed by atoms with Gasteiger partial charge >= 0.3 is 5.97 Å². The van der Waals surface area contributed by atoms with Crippen LogP contribution in [0.25, 0.3) is 0 Å². The lowest BCUT2D eigenvalue weighted by atomic mass is 9.96. The number of benzene rings is 2. The van der Waals surface area contributed by atoms with Crippen molar-refractivity contribution in [3.05, 3.63) is 64.2 Å². The minimum absolute atomic E-state index is 0.0705. The number of aromatic carboxylic acids is 1. The first-order valence-electron chi connectivity index (χ1n) is 8.48. The second-order valence-electron chi connectivity index (χ2n) is 6.67. The Kier molecular flexibility index (Phi) is 5.97. The molecule has 0 radical (unpaired) electrons. The van der Waals surface area contributed by atoms with Gasteiger partial charge in [-0.05, 0) is 67.1 Å². The lowest BCUT2D eigenvalue weighted by Gasteiger charge is -2.10. The molecule has 4 nitrogen and oxygen atoms in total. The standard InChI is InChI=1S/C21H24O4/c1-13(2)20(23)17-8-10-19(22)16(12-17)6-4-5-15-7-9-18(21(24)25)14(3)11-15/h7-13,22H,4-6H2,1-3H3,(H,24,25). The van der Waals surface area contributed by atoms with E-state index >= 15 is 0 Å². The van der Waals surface area contributed by atoms with Crippen molar-refractivity contribution in [2.45, 2.75) is 40.0 Å². The van der Waals surface area contributed by atoms with E-state index in [-0.39, 0.29) is 17.5 Å². The Morgan fingerprint density at radius 2 is 1.76 bits per heavy atom. The molecule has 25 heavy (non-hydrogen) atoms. The first kappa shape index (κ1) is 18.7. The number of hydrogen-bond acceptors (Lipinski definition) is 3. The van der Waals surface area contributed by atoms with Crippen molar-refractivity contribution in [3.8, 4) is 5.75 Å². The van der Waals surface area contributed by atoms with Gasteiger partial charge in [0.05, 0.1) is 5.56 Å². The van der Waals surface area contributed by atoms with Crippen LogP contribution in [0.5, 0.6) is 5.75 Å². The van der Waals surface area contributed by atoms with Gasteiger partial charge in [0.1, 0.15) is 5.75 Å². The maximum absolute atomic E-state index is 12.1. The Bertz CT molecular complexity index is 790. The summed E-state index contributed by atoms with van der Waals surface area (Å²) in [5.74, 6) is -0.715. The number of carboxylic acids is 1. The van der Waals surface area contributed by atoms with Crippen LogP contribution in [-0.4, -0.2) is 22.0 Å². The Labute approximate surface area is 148 Å². The summed E-state index contributed by atoms with van der Waals surface area (Å²) in [5, 5.41) is 19.1. The van der Waals surface area contributed by atoms with E-state index < -0.39 is 5.97 Å². The molecule has 2 N–H and O–H groups in total. The monoisotopic (exact) mass is 340 g/mol. The van der Waals surface area contributed by atoms with E-state index in [2.05, 4.69) is 0 Å². The second-order valence-corrected chi connectivity index (χ2v) is 6.67. The van der Waals surface area contributed by atoms with Crippen LogP contribution < -0.4 is 0 Å². The van der Waals surface area contributed by atoms with Crippen LogP contribution in [0.3, 0.4) is 0 Å². The number of hydrogen-bond donors (Lipinski definition) is 2. The molecule has 2 aromatic carbocycles. The molecule has 0 aromatic heterocycles. The van der Waals surface area contributed by atoms with Crippen LogP contribution in [0.15, 0.2) is 36.4 Å². The van der Waals surface area contributed by atoms with Gasteiger partial charge in [0.15, 0.2) is 5.78 Å². The summed E-state index contributed by atoms with van der Waals surface area (Å²) < 4.78 is 0. The van der Waals surface area contributed by atoms with Crippen LogP contribution in [0, 0.1) is 12.8 Å². The van der Waals surface area contributed by atoms with Crippen molar-refractivity contribution in [2.24, 2.45) is 5.92 Å². The van der Waals surface area contributed by atoms with Gasteiger partial charge in [0, 0.05) is 11.5 Å². The summed E-state index contributed by atoms with van der Waals surface area (Å²) in [6, 6.07) is 10.4. The molecule has 0 aliphatic rings. The summed E-state index contributed by atoms with van der Waals surface area (Å²) >= 11 is 0. The Hall–Kier alpha value is -2.62. The number of phenolic OH excluding ortho intramolecular Hbond substituents is 1. The Morgan fingerprint density at radius 1 is 1.04 bits per heavy atom. The zero-order chi connectivity index (χ0) is 18.6. The lowest BCUT2D eigenvalue weighted by molar-refractivity contribution is 0.0696. The van der Waals surface area contributed by atoms with E-state index in [9.17, 15) is 14.7 Å². The smallest absolute Gasteiger partial charge is 0.335 e. The average Bonchev–Trinajstić information content (AvgIpc) is 2.55. The highest BCUT2D eigenvalue weighted by molar-refractivity contribution is 5.97. The lowest BCUT2D eigenvalue weighted by Crippen LogP contribution is -2.07. The normalized spacial score (nSPS) is 10.9. The van der Waals surface area contributed by atoms with E-state index in [0.717, 1.165) is 29.5 Å². The summed E-state index contributed by atoms with van der Waals surface area (Å²) in [5.41, 5.74) is 3.53. The van der Waals surface area contributed by atoms with Crippen LogP contribution in [0.4, 0.5) is 0 Å². The van der Waals surface area contributed by atoms with Gasteiger partial charge in [0.25, 0.3) is 0 Å². The topological polar surface area (TPSA) is 74.6 Å². The molecule has 0 heterocycles. The molecule has 0 fully saturated rings. The number of rotatable bonds is 7. The van der Waals surface area contributed by atoms with Gasteiger partial charge in [-0.25, -0.2) is 4.79 Å². The van der Waals surface area contributed by atoms with Gasteiger partial charge in [-0.15, -0.1) is 0 Å². The summed E-state index contributed by atoms with van der Waals surface area (Å²) in [6.45, 7) is 5.51. The molecule has 0 saturated carbocycles. The number of carboxylic acid groups (broad SMARTS) is 1. The van der Waals surface area contributed by atoms with Crippen molar-refractivity contribution < 1.29 is 19.8 Å². The van der Waals surface area contributed by atoms with Gasteiger partial charge in [-0.3, -0.25) is 4.79 Å².